The maximum Gasteiger partial charge on any atom is 0.0739 e. The molecule has 4 heteroatoms. The van der Waals surface area contributed by atoms with E-state index in [0.717, 1.165) is 14.9 Å². The molecule has 0 amide bonds. The van der Waals surface area contributed by atoms with Crippen LogP contribution in [0.25, 0.3) is 0 Å². The van der Waals surface area contributed by atoms with Gasteiger partial charge in [0, 0.05) is 9.77 Å². The topological polar surface area (TPSA) is 50.9 Å². The summed E-state index contributed by atoms with van der Waals surface area (Å²) in [5.41, 5.74) is 8.38. The first-order valence-corrected chi connectivity index (χ1v) is 5.56. The van der Waals surface area contributed by atoms with Gasteiger partial charge in [0.25, 0.3) is 0 Å². The number of benzene rings is 1. The minimum Gasteiger partial charge on any atom is -0.396 e. The number of hydrogen-bond acceptors (Lipinski definition) is 3. The van der Waals surface area contributed by atoms with Gasteiger partial charge >= 0.3 is 0 Å². The molecular formula is C11H10IN3. The highest BCUT2D eigenvalue weighted by Crippen LogP contribution is 2.24. The molecule has 0 aliphatic rings. The Morgan fingerprint density at radius 2 is 1.93 bits per heavy atom. The zero-order valence-corrected chi connectivity index (χ0v) is 10.1. The lowest BCUT2D eigenvalue weighted by atomic mass is 10.3. The van der Waals surface area contributed by atoms with E-state index in [9.17, 15) is 0 Å². The van der Waals surface area contributed by atoms with Crippen LogP contribution in [-0.4, -0.2) is 4.98 Å². The third kappa shape index (κ3) is 2.38. The van der Waals surface area contributed by atoms with Gasteiger partial charge < -0.3 is 11.1 Å². The van der Waals surface area contributed by atoms with Crippen molar-refractivity contribution in [3.63, 3.8) is 0 Å². The van der Waals surface area contributed by atoms with Crippen molar-refractivity contribution in [1.82, 2.24) is 4.98 Å². The number of anilines is 3. The quantitative estimate of drug-likeness (QED) is 0.838. The average Bonchev–Trinajstić information content (AvgIpc) is 2.24. The lowest BCUT2D eigenvalue weighted by molar-refractivity contribution is 1.33. The zero-order valence-electron chi connectivity index (χ0n) is 7.94. The molecule has 0 saturated carbocycles. The number of para-hydroxylation sites is 1. The Balaban J connectivity index is 2.30. The Morgan fingerprint density at radius 1 is 1.13 bits per heavy atom. The van der Waals surface area contributed by atoms with E-state index < -0.39 is 0 Å². The second-order valence-electron chi connectivity index (χ2n) is 3.07. The summed E-state index contributed by atoms with van der Waals surface area (Å²) in [6, 6.07) is 9.91. The Bertz CT molecular complexity index is 427. The molecule has 2 rings (SSSR count). The zero-order chi connectivity index (χ0) is 10.7. The van der Waals surface area contributed by atoms with Crippen LogP contribution in [0.5, 0.6) is 0 Å². The summed E-state index contributed by atoms with van der Waals surface area (Å²) >= 11 is 2.28. The van der Waals surface area contributed by atoms with E-state index in [1.165, 1.54) is 0 Å². The van der Waals surface area contributed by atoms with Gasteiger partial charge in [-0.25, -0.2) is 0 Å². The molecule has 0 radical (unpaired) electrons. The van der Waals surface area contributed by atoms with Crippen molar-refractivity contribution >= 4 is 39.7 Å². The van der Waals surface area contributed by atoms with Gasteiger partial charge in [0.15, 0.2) is 0 Å². The van der Waals surface area contributed by atoms with Crippen LogP contribution in [0.4, 0.5) is 17.1 Å². The fraction of sp³-hybridized carbons (Fsp3) is 0. The Morgan fingerprint density at radius 3 is 2.67 bits per heavy atom. The van der Waals surface area contributed by atoms with Gasteiger partial charge in [-0.15, -0.1) is 0 Å². The fourth-order valence-corrected chi connectivity index (χ4v) is 1.75. The number of pyridine rings is 1. The molecule has 0 aliphatic carbocycles. The molecular weight excluding hydrogens is 301 g/mol. The van der Waals surface area contributed by atoms with E-state index in [2.05, 4.69) is 32.9 Å². The van der Waals surface area contributed by atoms with E-state index in [4.69, 9.17) is 5.73 Å². The van der Waals surface area contributed by atoms with Crippen molar-refractivity contribution in [2.24, 2.45) is 0 Å². The fourth-order valence-electron chi connectivity index (χ4n) is 1.23. The van der Waals surface area contributed by atoms with Crippen molar-refractivity contribution in [3.05, 3.63) is 46.3 Å². The normalized spacial score (nSPS) is 9.93. The molecule has 0 aliphatic heterocycles. The van der Waals surface area contributed by atoms with Gasteiger partial charge in [-0.2, -0.15) is 0 Å². The minimum absolute atomic E-state index is 0.650. The summed E-state index contributed by atoms with van der Waals surface area (Å²) in [5, 5.41) is 3.27. The first-order chi connectivity index (χ1) is 7.27. The highest BCUT2D eigenvalue weighted by Gasteiger charge is 2.01. The molecule has 1 aromatic heterocycles. The summed E-state index contributed by atoms with van der Waals surface area (Å²) in [5.74, 6) is 0. The second-order valence-corrected chi connectivity index (χ2v) is 4.23. The maximum absolute atomic E-state index is 5.79. The minimum atomic E-state index is 0.650. The highest BCUT2D eigenvalue weighted by atomic mass is 127. The predicted molar refractivity (Wildman–Crippen MR) is 71.1 cm³/mol. The Labute approximate surface area is 102 Å². The third-order valence-corrected chi connectivity index (χ3v) is 2.94. The molecule has 0 saturated heterocycles. The van der Waals surface area contributed by atoms with Gasteiger partial charge in [0.1, 0.15) is 0 Å². The number of aromatic nitrogens is 1. The van der Waals surface area contributed by atoms with Crippen molar-refractivity contribution in [1.29, 1.82) is 0 Å². The molecule has 76 valence electrons. The van der Waals surface area contributed by atoms with Crippen LogP contribution in [0.1, 0.15) is 0 Å². The van der Waals surface area contributed by atoms with E-state index in [1.807, 2.05) is 30.3 Å². The van der Waals surface area contributed by atoms with Crippen molar-refractivity contribution < 1.29 is 0 Å². The molecule has 1 aromatic carbocycles. The van der Waals surface area contributed by atoms with Crippen molar-refractivity contribution in [3.8, 4) is 0 Å². The largest absolute Gasteiger partial charge is 0.396 e. The molecule has 1 heterocycles. The number of nitrogens with two attached hydrogens (primary N) is 1. The van der Waals surface area contributed by atoms with Gasteiger partial charge in [-0.3, -0.25) is 4.98 Å². The number of halogens is 1. The molecule has 3 nitrogen and oxygen atoms in total. The number of nitrogens with zero attached hydrogens (tertiary/aromatic N) is 1. The summed E-state index contributed by atoms with van der Waals surface area (Å²) in [6.07, 6.45) is 3.35. The molecule has 0 atom stereocenters. The molecule has 3 N–H and O–H groups in total. The molecule has 2 aromatic rings. The summed E-state index contributed by atoms with van der Waals surface area (Å²) in [6.45, 7) is 0. The van der Waals surface area contributed by atoms with Crippen LogP contribution in [-0.2, 0) is 0 Å². The van der Waals surface area contributed by atoms with Crippen LogP contribution >= 0.6 is 22.6 Å². The van der Waals surface area contributed by atoms with Crippen molar-refractivity contribution in [2.75, 3.05) is 11.1 Å². The monoisotopic (exact) mass is 311 g/mol. The van der Waals surface area contributed by atoms with Crippen LogP contribution in [0.3, 0.4) is 0 Å². The van der Waals surface area contributed by atoms with Crippen molar-refractivity contribution in [2.45, 2.75) is 0 Å². The standard InChI is InChI=1S/C11H10IN3/c12-8-3-1-2-4-10(8)15-11-5-6-14-7-9(11)13/h1-7H,13H2,(H,14,15). The van der Waals surface area contributed by atoms with Crippen LogP contribution in [0.15, 0.2) is 42.7 Å². The first kappa shape index (κ1) is 10.2. The SMILES string of the molecule is Nc1cnccc1Nc1ccccc1I. The van der Waals surface area contributed by atoms with E-state index in [-0.39, 0.29) is 0 Å². The van der Waals surface area contributed by atoms with E-state index in [1.54, 1.807) is 12.4 Å². The number of nitrogen functional groups attached to an aromatic ring is 1. The van der Waals surface area contributed by atoms with Gasteiger partial charge in [-0.1, -0.05) is 12.1 Å². The number of hydrogen-bond donors (Lipinski definition) is 2. The number of nitrogens with one attached hydrogen (secondary N) is 1. The average molecular weight is 311 g/mol. The van der Waals surface area contributed by atoms with Crippen LogP contribution < -0.4 is 11.1 Å². The second kappa shape index (κ2) is 4.48. The van der Waals surface area contributed by atoms with Gasteiger partial charge in [0.05, 0.1) is 23.3 Å². The third-order valence-electron chi connectivity index (χ3n) is 2.00. The predicted octanol–water partition coefficient (Wildman–Crippen LogP) is 3.01. The number of rotatable bonds is 2. The molecule has 0 unspecified atom stereocenters. The van der Waals surface area contributed by atoms with E-state index >= 15 is 0 Å². The van der Waals surface area contributed by atoms with Gasteiger partial charge in [0.2, 0.25) is 0 Å². The molecule has 15 heavy (non-hydrogen) atoms. The molecule has 0 bridgehead atoms. The summed E-state index contributed by atoms with van der Waals surface area (Å²) in [4.78, 5) is 3.94. The smallest absolute Gasteiger partial charge is 0.0739 e. The summed E-state index contributed by atoms with van der Waals surface area (Å²) < 4.78 is 1.16. The van der Waals surface area contributed by atoms with Gasteiger partial charge in [-0.05, 0) is 40.8 Å². The maximum atomic E-state index is 5.79. The lowest BCUT2D eigenvalue weighted by Gasteiger charge is -2.09. The first-order valence-electron chi connectivity index (χ1n) is 4.48. The summed E-state index contributed by atoms with van der Waals surface area (Å²) in [7, 11) is 0. The molecule has 0 spiro atoms. The Hall–Kier alpha value is -1.30. The molecule has 0 fully saturated rings. The van der Waals surface area contributed by atoms with E-state index in [0.29, 0.717) is 5.69 Å². The Kier molecular flexibility index (Phi) is 3.05. The highest BCUT2D eigenvalue weighted by molar-refractivity contribution is 14.1. The van der Waals surface area contributed by atoms with Crippen LogP contribution in [0, 0.1) is 3.57 Å². The lowest BCUT2D eigenvalue weighted by Crippen LogP contribution is -1.97. The van der Waals surface area contributed by atoms with Crippen LogP contribution in [0.2, 0.25) is 0 Å².